The first-order chi connectivity index (χ1) is 8.79. The summed E-state index contributed by atoms with van der Waals surface area (Å²) >= 11 is 5.93. The molecule has 0 spiro atoms. The lowest BCUT2D eigenvalue weighted by molar-refractivity contribution is 0.0811. The number of nitrogens with one attached hydrogen (secondary N) is 2. The van der Waals surface area contributed by atoms with Gasteiger partial charge in [-0.1, -0.05) is 12.8 Å². The number of hydrogen-bond donors (Lipinski definition) is 5. The van der Waals surface area contributed by atoms with Gasteiger partial charge in [0.15, 0.2) is 12.2 Å². The average Bonchev–Trinajstić information content (AvgIpc) is 2.24. The van der Waals surface area contributed by atoms with Crippen LogP contribution >= 0.6 is 11.6 Å². The summed E-state index contributed by atoms with van der Waals surface area (Å²) < 4.78 is 29.5. The first kappa shape index (κ1) is 16.5. The minimum Gasteiger partial charge on any atom is -0.495 e. The maximum Gasteiger partial charge on any atom is 0.264 e. The van der Waals surface area contributed by atoms with E-state index in [4.69, 9.17) is 16.2 Å². The molecule has 2 atom stereocenters. The molecule has 1 heterocycles. The molecule has 19 heavy (non-hydrogen) atoms. The first-order valence-electron chi connectivity index (χ1n) is 6.01. The van der Waals surface area contributed by atoms with E-state index < -0.39 is 22.0 Å². The van der Waals surface area contributed by atoms with Gasteiger partial charge in [-0.15, -0.1) is 11.6 Å². The zero-order chi connectivity index (χ0) is 14.5. The molecule has 0 saturated carbocycles. The predicted octanol–water partition coefficient (Wildman–Crippen LogP) is 0.628. The minimum absolute atomic E-state index is 0.121. The van der Waals surface area contributed by atoms with Gasteiger partial charge in [-0.25, -0.2) is 0 Å². The minimum atomic E-state index is -3.87. The summed E-state index contributed by atoms with van der Waals surface area (Å²) in [5.74, 6) is -0.349. The van der Waals surface area contributed by atoms with Crippen LogP contribution in [0.25, 0.3) is 0 Å². The summed E-state index contributed by atoms with van der Waals surface area (Å²) in [5.41, 5.74) is -0.0594. The molecule has 9 heteroatoms. The summed E-state index contributed by atoms with van der Waals surface area (Å²) in [6.45, 7) is 0. The standard InChI is InChI=1S/C10H19ClN2O5S/c11-8-7(9(14)13-10(15)12-8)5-3-1-2-4-6-19(16,17)18/h8,10,12-15H,1-6H2,(H,16,17,18). The first-order valence-corrected chi connectivity index (χ1v) is 8.06. The van der Waals surface area contributed by atoms with Gasteiger partial charge in [0, 0.05) is 5.57 Å². The van der Waals surface area contributed by atoms with Crippen molar-refractivity contribution in [2.24, 2.45) is 0 Å². The third-order valence-electron chi connectivity index (χ3n) is 2.79. The highest BCUT2D eigenvalue weighted by molar-refractivity contribution is 7.85. The van der Waals surface area contributed by atoms with Gasteiger partial charge in [0.2, 0.25) is 0 Å². The van der Waals surface area contributed by atoms with Crippen molar-refractivity contribution in [3.8, 4) is 0 Å². The van der Waals surface area contributed by atoms with E-state index in [1.165, 1.54) is 0 Å². The van der Waals surface area contributed by atoms with Crippen molar-refractivity contribution in [2.75, 3.05) is 5.75 Å². The van der Waals surface area contributed by atoms with Gasteiger partial charge in [0.25, 0.3) is 10.1 Å². The normalized spacial score (nSPS) is 24.4. The molecule has 5 N–H and O–H groups in total. The van der Waals surface area contributed by atoms with Crippen LogP contribution in [0.5, 0.6) is 0 Å². The van der Waals surface area contributed by atoms with Crippen molar-refractivity contribution in [1.29, 1.82) is 0 Å². The third kappa shape index (κ3) is 6.44. The Balaban J connectivity index is 2.24. The van der Waals surface area contributed by atoms with Gasteiger partial charge in [-0.05, 0) is 19.3 Å². The molecule has 0 aromatic rings. The summed E-state index contributed by atoms with van der Waals surface area (Å²) in [6, 6.07) is 0. The van der Waals surface area contributed by atoms with E-state index in [9.17, 15) is 18.6 Å². The molecule has 112 valence electrons. The van der Waals surface area contributed by atoms with Crippen molar-refractivity contribution in [1.82, 2.24) is 10.6 Å². The van der Waals surface area contributed by atoms with Crippen LogP contribution in [0.1, 0.15) is 32.1 Å². The Bertz CT molecular complexity index is 426. The van der Waals surface area contributed by atoms with Crippen molar-refractivity contribution >= 4 is 21.7 Å². The molecule has 0 amide bonds. The second-order valence-electron chi connectivity index (χ2n) is 4.40. The number of unbranched alkanes of at least 4 members (excludes halogenated alkanes) is 3. The summed E-state index contributed by atoms with van der Waals surface area (Å²) in [4.78, 5) is 0. The quantitative estimate of drug-likeness (QED) is 0.202. The second-order valence-corrected chi connectivity index (χ2v) is 6.41. The summed E-state index contributed by atoms with van der Waals surface area (Å²) in [6.07, 6.45) is 2.04. The fourth-order valence-corrected chi connectivity index (χ4v) is 2.72. The summed E-state index contributed by atoms with van der Waals surface area (Å²) in [7, 11) is -3.87. The van der Waals surface area contributed by atoms with Gasteiger partial charge in [0.1, 0.15) is 5.50 Å². The number of aliphatic hydroxyl groups is 2. The molecule has 0 aromatic carbocycles. The molecule has 0 aliphatic carbocycles. The van der Waals surface area contributed by atoms with Crippen LogP contribution < -0.4 is 10.6 Å². The lowest BCUT2D eigenvalue weighted by Crippen LogP contribution is -2.50. The van der Waals surface area contributed by atoms with Gasteiger partial charge in [0.05, 0.1) is 5.75 Å². The lowest BCUT2D eigenvalue weighted by atomic mass is 10.1. The molecule has 1 aliphatic heterocycles. The lowest BCUT2D eigenvalue weighted by Gasteiger charge is -2.28. The van der Waals surface area contributed by atoms with Crippen molar-refractivity contribution in [3.05, 3.63) is 11.5 Å². The highest BCUT2D eigenvalue weighted by Gasteiger charge is 2.24. The SMILES string of the molecule is O=S(=O)(O)CCCCCCC1=C(O)NC(O)NC1Cl. The van der Waals surface area contributed by atoms with E-state index in [-0.39, 0.29) is 11.6 Å². The van der Waals surface area contributed by atoms with E-state index >= 15 is 0 Å². The van der Waals surface area contributed by atoms with E-state index in [0.29, 0.717) is 24.8 Å². The fourth-order valence-electron chi connectivity index (χ4n) is 1.82. The maximum absolute atomic E-state index is 10.5. The van der Waals surface area contributed by atoms with Crippen molar-refractivity contribution in [2.45, 2.75) is 44.0 Å². The van der Waals surface area contributed by atoms with Gasteiger partial charge < -0.3 is 15.5 Å². The molecule has 0 fully saturated rings. The van der Waals surface area contributed by atoms with Crippen LogP contribution in [-0.4, -0.2) is 40.8 Å². The van der Waals surface area contributed by atoms with Gasteiger partial charge in [-0.3, -0.25) is 9.87 Å². The van der Waals surface area contributed by atoms with Crippen LogP contribution in [0.4, 0.5) is 0 Å². The van der Waals surface area contributed by atoms with E-state index in [0.717, 1.165) is 12.8 Å². The van der Waals surface area contributed by atoms with E-state index in [1.54, 1.807) is 0 Å². The van der Waals surface area contributed by atoms with Crippen LogP contribution in [0.15, 0.2) is 11.5 Å². The molecule has 1 aliphatic rings. The Hall–Kier alpha value is -0.540. The van der Waals surface area contributed by atoms with Crippen molar-refractivity contribution in [3.63, 3.8) is 0 Å². The molecule has 2 unspecified atom stereocenters. The highest BCUT2D eigenvalue weighted by atomic mass is 35.5. The zero-order valence-corrected chi connectivity index (χ0v) is 11.9. The Morgan fingerprint density at radius 1 is 1.21 bits per heavy atom. The second kappa shape index (κ2) is 7.30. The molecule has 0 saturated heterocycles. The molecule has 0 bridgehead atoms. The van der Waals surface area contributed by atoms with Crippen LogP contribution in [0.2, 0.25) is 0 Å². The average molecular weight is 315 g/mol. The number of aliphatic hydroxyl groups excluding tert-OH is 2. The maximum atomic E-state index is 10.5. The monoisotopic (exact) mass is 314 g/mol. The zero-order valence-electron chi connectivity index (χ0n) is 10.3. The van der Waals surface area contributed by atoms with Gasteiger partial charge in [-0.2, -0.15) is 8.42 Å². The molecule has 7 nitrogen and oxygen atoms in total. The smallest absolute Gasteiger partial charge is 0.264 e. The largest absolute Gasteiger partial charge is 0.495 e. The Kier molecular flexibility index (Phi) is 6.34. The Morgan fingerprint density at radius 2 is 1.84 bits per heavy atom. The number of rotatable bonds is 7. The van der Waals surface area contributed by atoms with Crippen LogP contribution in [0, 0.1) is 0 Å². The highest BCUT2D eigenvalue weighted by Crippen LogP contribution is 2.21. The van der Waals surface area contributed by atoms with Gasteiger partial charge >= 0.3 is 0 Å². The fraction of sp³-hybridized carbons (Fsp3) is 0.800. The Labute approximate surface area is 117 Å². The molecule has 1 rings (SSSR count). The predicted molar refractivity (Wildman–Crippen MR) is 71.1 cm³/mol. The topological polar surface area (TPSA) is 119 Å². The van der Waals surface area contributed by atoms with Crippen LogP contribution in [-0.2, 0) is 10.1 Å². The number of halogens is 1. The molecule has 0 radical (unpaired) electrons. The molecular formula is C10H19ClN2O5S. The Morgan fingerprint density at radius 3 is 2.42 bits per heavy atom. The molecular weight excluding hydrogens is 296 g/mol. The van der Waals surface area contributed by atoms with E-state index in [1.807, 2.05) is 0 Å². The number of alkyl halides is 1. The number of hydrogen-bond acceptors (Lipinski definition) is 6. The third-order valence-corrected chi connectivity index (χ3v) is 3.98. The van der Waals surface area contributed by atoms with E-state index in [2.05, 4.69) is 10.6 Å². The molecule has 0 aromatic heterocycles. The van der Waals surface area contributed by atoms with Crippen molar-refractivity contribution < 1.29 is 23.2 Å². The van der Waals surface area contributed by atoms with Crippen LogP contribution in [0.3, 0.4) is 0 Å². The summed E-state index contributed by atoms with van der Waals surface area (Å²) in [5, 5.41) is 23.8.